The molecule has 6 heteroatoms. The van der Waals surface area contributed by atoms with Crippen LogP contribution in [0.3, 0.4) is 0 Å². The molecule has 5 nitrogen and oxygen atoms in total. The van der Waals surface area contributed by atoms with Crippen LogP contribution in [0.25, 0.3) is 10.2 Å². The van der Waals surface area contributed by atoms with Gasteiger partial charge in [0.1, 0.15) is 4.83 Å². The molecule has 1 aliphatic carbocycles. The topological polar surface area (TPSA) is 48.4 Å². The SMILES string of the molecule is O=c1c2c3c(sc2n(CC[NH+]2CCCCC2)c(=O)n1Cc1ccccc1)CCCCC3. The highest BCUT2D eigenvalue weighted by Gasteiger charge is 2.24. The van der Waals surface area contributed by atoms with E-state index in [9.17, 15) is 9.59 Å². The first-order valence-corrected chi connectivity index (χ1v) is 12.7. The van der Waals surface area contributed by atoms with Gasteiger partial charge in [-0.3, -0.25) is 13.9 Å². The average molecular weight is 439 g/mol. The van der Waals surface area contributed by atoms with Gasteiger partial charge in [-0.25, -0.2) is 4.79 Å². The van der Waals surface area contributed by atoms with E-state index in [1.54, 1.807) is 16.2 Å². The number of hydrogen-bond acceptors (Lipinski definition) is 3. The summed E-state index contributed by atoms with van der Waals surface area (Å²) in [4.78, 5) is 31.0. The number of benzene rings is 1. The van der Waals surface area contributed by atoms with Gasteiger partial charge in [0.05, 0.1) is 38.1 Å². The maximum atomic E-state index is 13.6. The number of aryl methyl sites for hydroxylation is 2. The van der Waals surface area contributed by atoms with Gasteiger partial charge in [0.2, 0.25) is 0 Å². The lowest BCUT2D eigenvalue weighted by atomic mass is 10.1. The first-order valence-electron chi connectivity index (χ1n) is 11.9. The first-order chi connectivity index (χ1) is 15.2. The van der Waals surface area contributed by atoms with Gasteiger partial charge >= 0.3 is 5.69 Å². The molecule has 0 bridgehead atoms. The van der Waals surface area contributed by atoms with Gasteiger partial charge in [0, 0.05) is 4.88 Å². The molecule has 1 saturated heterocycles. The summed E-state index contributed by atoms with van der Waals surface area (Å²) in [7, 11) is 0. The van der Waals surface area contributed by atoms with Crippen LogP contribution in [0.4, 0.5) is 0 Å². The van der Waals surface area contributed by atoms with Crippen LogP contribution in [0.1, 0.15) is 54.5 Å². The predicted molar refractivity (Wildman–Crippen MR) is 127 cm³/mol. The van der Waals surface area contributed by atoms with Gasteiger partial charge in [0.15, 0.2) is 0 Å². The fraction of sp³-hybridized carbons (Fsp3) is 0.520. The monoisotopic (exact) mass is 438 g/mol. The predicted octanol–water partition coefficient (Wildman–Crippen LogP) is 2.61. The van der Waals surface area contributed by atoms with E-state index in [0.717, 1.165) is 41.6 Å². The normalized spacial score (nSPS) is 17.5. The molecule has 5 rings (SSSR count). The summed E-state index contributed by atoms with van der Waals surface area (Å²) in [5.41, 5.74) is 1.98. The minimum Gasteiger partial charge on any atom is -0.333 e. The van der Waals surface area contributed by atoms with Gasteiger partial charge in [-0.2, -0.15) is 0 Å². The van der Waals surface area contributed by atoms with Gasteiger partial charge < -0.3 is 4.90 Å². The highest BCUT2D eigenvalue weighted by molar-refractivity contribution is 7.18. The Hall–Kier alpha value is -2.18. The third-order valence-corrected chi connectivity index (χ3v) is 8.32. The molecule has 1 fully saturated rings. The Morgan fingerprint density at radius 3 is 2.42 bits per heavy atom. The third kappa shape index (κ3) is 4.15. The van der Waals surface area contributed by atoms with Crippen molar-refractivity contribution in [1.82, 2.24) is 9.13 Å². The molecular weight excluding hydrogens is 406 g/mol. The van der Waals surface area contributed by atoms with Gasteiger partial charge in [-0.1, -0.05) is 36.8 Å². The Balaban J connectivity index is 1.62. The van der Waals surface area contributed by atoms with Crippen LogP contribution >= 0.6 is 11.3 Å². The number of piperidine rings is 1. The number of thiophene rings is 1. The lowest BCUT2D eigenvalue weighted by Gasteiger charge is -2.24. The summed E-state index contributed by atoms with van der Waals surface area (Å²) in [5, 5.41) is 0.825. The molecule has 164 valence electrons. The molecule has 0 saturated carbocycles. The summed E-state index contributed by atoms with van der Waals surface area (Å²) >= 11 is 1.71. The zero-order chi connectivity index (χ0) is 21.2. The standard InChI is InChI=1S/C25H31N3O2S/c29-23-22-20-12-6-2-7-13-21(20)31-24(22)27(17-16-26-14-8-3-9-15-26)25(30)28(23)18-19-10-4-1-5-11-19/h1,4-5,10-11H,2-3,6-9,12-18H2/p+1. The lowest BCUT2D eigenvalue weighted by Crippen LogP contribution is -3.13. The van der Waals surface area contributed by atoms with Crippen LogP contribution in [0, 0.1) is 0 Å². The van der Waals surface area contributed by atoms with Gasteiger partial charge in [-0.15, -0.1) is 11.3 Å². The molecular formula is C25H32N3O2S+. The second-order valence-corrected chi connectivity index (χ2v) is 10.2. The fourth-order valence-electron chi connectivity index (χ4n) is 5.27. The molecule has 1 N–H and O–H groups in total. The van der Waals surface area contributed by atoms with E-state index < -0.39 is 0 Å². The maximum absolute atomic E-state index is 13.6. The van der Waals surface area contributed by atoms with Crippen molar-refractivity contribution >= 4 is 21.6 Å². The number of quaternary nitrogens is 1. The molecule has 31 heavy (non-hydrogen) atoms. The summed E-state index contributed by atoms with van der Waals surface area (Å²) < 4.78 is 3.42. The summed E-state index contributed by atoms with van der Waals surface area (Å²) in [6, 6.07) is 9.88. The van der Waals surface area contributed by atoms with Crippen LogP contribution in [0.15, 0.2) is 39.9 Å². The molecule has 1 aliphatic heterocycles. The molecule has 3 aromatic rings. The minimum absolute atomic E-state index is 0.0928. The molecule has 1 aromatic carbocycles. The van der Waals surface area contributed by atoms with Crippen molar-refractivity contribution in [2.24, 2.45) is 0 Å². The zero-order valence-electron chi connectivity index (χ0n) is 18.2. The molecule has 2 aliphatic rings. The minimum atomic E-state index is -0.144. The van der Waals surface area contributed by atoms with Crippen molar-refractivity contribution in [3.05, 3.63) is 67.2 Å². The number of rotatable bonds is 5. The molecule has 0 atom stereocenters. The van der Waals surface area contributed by atoms with Crippen LogP contribution in [0.2, 0.25) is 0 Å². The third-order valence-electron chi connectivity index (χ3n) is 7.00. The summed E-state index contributed by atoms with van der Waals surface area (Å²) in [5.74, 6) is 0. The molecule has 0 radical (unpaired) electrons. The first kappa shape index (κ1) is 20.7. The van der Waals surface area contributed by atoms with E-state index in [-0.39, 0.29) is 11.2 Å². The Morgan fingerprint density at radius 2 is 1.61 bits per heavy atom. The number of nitrogens with zero attached hydrogens (tertiary/aromatic N) is 2. The molecule has 0 amide bonds. The summed E-state index contributed by atoms with van der Waals surface area (Å²) in [6.07, 6.45) is 9.42. The van der Waals surface area contributed by atoms with E-state index in [0.29, 0.717) is 13.1 Å². The number of likely N-dealkylation sites (tertiary alicyclic amines) is 1. The largest absolute Gasteiger partial charge is 0.333 e. The molecule has 0 unspecified atom stereocenters. The highest BCUT2D eigenvalue weighted by atomic mass is 32.1. The second-order valence-electron chi connectivity index (χ2n) is 9.12. The van der Waals surface area contributed by atoms with Crippen LogP contribution in [-0.4, -0.2) is 28.8 Å². The van der Waals surface area contributed by atoms with E-state index in [4.69, 9.17) is 0 Å². The lowest BCUT2D eigenvalue weighted by molar-refractivity contribution is -0.905. The number of nitrogens with one attached hydrogen (secondary N) is 1. The van der Waals surface area contributed by atoms with Gasteiger partial charge in [0.25, 0.3) is 5.56 Å². The zero-order valence-corrected chi connectivity index (χ0v) is 19.0. The maximum Gasteiger partial charge on any atom is 0.332 e. The Kier molecular flexibility index (Phi) is 6.10. The average Bonchev–Trinajstić information content (AvgIpc) is 3.00. The van der Waals surface area contributed by atoms with Crippen LogP contribution in [-0.2, 0) is 25.9 Å². The van der Waals surface area contributed by atoms with E-state index in [2.05, 4.69) is 0 Å². The van der Waals surface area contributed by atoms with E-state index in [1.807, 2.05) is 34.9 Å². The number of aromatic nitrogens is 2. The Bertz CT molecular complexity index is 1170. The Labute approximate surface area is 186 Å². The van der Waals surface area contributed by atoms with E-state index in [1.165, 1.54) is 60.2 Å². The Morgan fingerprint density at radius 1 is 0.871 bits per heavy atom. The van der Waals surface area contributed by atoms with Crippen molar-refractivity contribution in [1.29, 1.82) is 0 Å². The molecule has 0 spiro atoms. The van der Waals surface area contributed by atoms with Crippen molar-refractivity contribution in [3.63, 3.8) is 0 Å². The number of hydrogen-bond donors (Lipinski definition) is 1. The number of fused-ring (bicyclic) bond motifs is 3. The van der Waals surface area contributed by atoms with Crippen LogP contribution < -0.4 is 16.1 Å². The van der Waals surface area contributed by atoms with Gasteiger partial charge in [-0.05, 0) is 56.1 Å². The molecule has 3 heterocycles. The van der Waals surface area contributed by atoms with Crippen molar-refractivity contribution in [2.75, 3.05) is 19.6 Å². The second kappa shape index (κ2) is 9.13. The summed E-state index contributed by atoms with van der Waals surface area (Å²) in [6.45, 7) is 4.39. The highest BCUT2D eigenvalue weighted by Crippen LogP contribution is 2.33. The molecule has 2 aromatic heterocycles. The smallest absolute Gasteiger partial charge is 0.332 e. The van der Waals surface area contributed by atoms with Crippen molar-refractivity contribution < 1.29 is 4.90 Å². The van der Waals surface area contributed by atoms with Crippen molar-refractivity contribution in [3.8, 4) is 0 Å². The van der Waals surface area contributed by atoms with E-state index >= 15 is 0 Å². The van der Waals surface area contributed by atoms with Crippen LogP contribution in [0.5, 0.6) is 0 Å². The quantitative estimate of drug-likeness (QED) is 0.623. The fourth-order valence-corrected chi connectivity index (χ4v) is 6.67. The van der Waals surface area contributed by atoms with Crippen molar-refractivity contribution in [2.45, 2.75) is 64.5 Å².